The Kier molecular flexibility index (Phi) is 4.22. The van der Waals surface area contributed by atoms with Crippen molar-refractivity contribution in [2.24, 2.45) is 0 Å². The van der Waals surface area contributed by atoms with Crippen LogP contribution >= 0.6 is 23.1 Å². The van der Waals surface area contributed by atoms with Crippen LogP contribution < -0.4 is 11.1 Å². The number of nitrogens with zero attached hydrogens (tertiary/aromatic N) is 2. The third-order valence-corrected chi connectivity index (χ3v) is 3.93. The van der Waals surface area contributed by atoms with Gasteiger partial charge in [-0.1, -0.05) is 24.8 Å². The molecule has 2 aromatic rings. The first-order valence-electron chi connectivity index (χ1n) is 5.37. The van der Waals surface area contributed by atoms with Crippen molar-refractivity contribution >= 4 is 34.9 Å². The smallest absolute Gasteiger partial charge is 0.223 e. The molecule has 0 aromatic carbocycles. The molecule has 0 aliphatic carbocycles. The van der Waals surface area contributed by atoms with E-state index in [0.29, 0.717) is 5.95 Å². The molecule has 2 heterocycles. The normalized spacial score (nSPS) is 10.4. The lowest BCUT2D eigenvalue weighted by atomic mass is 10.4. The topological polar surface area (TPSA) is 63.8 Å². The standard InChI is InChI=1S/C11H14N4S2/c1-2-5-13-8-7-9(15-11(12)14-8)17-10-4-3-6-16-10/h3-4,6-7H,2,5H2,1H3,(H3,12,13,14,15). The molecular weight excluding hydrogens is 252 g/mol. The zero-order chi connectivity index (χ0) is 12.1. The summed E-state index contributed by atoms with van der Waals surface area (Å²) in [6.07, 6.45) is 1.05. The van der Waals surface area contributed by atoms with Crippen LogP contribution in [0.3, 0.4) is 0 Å². The van der Waals surface area contributed by atoms with Crippen molar-refractivity contribution in [1.29, 1.82) is 0 Å². The maximum absolute atomic E-state index is 5.69. The molecule has 0 saturated carbocycles. The van der Waals surface area contributed by atoms with Gasteiger partial charge in [0.2, 0.25) is 5.95 Å². The number of thiophene rings is 1. The van der Waals surface area contributed by atoms with Crippen molar-refractivity contribution in [3.05, 3.63) is 23.6 Å². The van der Waals surface area contributed by atoms with E-state index in [9.17, 15) is 0 Å². The molecule has 0 spiro atoms. The number of nitrogen functional groups attached to an aromatic ring is 1. The number of aromatic nitrogens is 2. The first-order chi connectivity index (χ1) is 8.28. The maximum Gasteiger partial charge on any atom is 0.223 e. The van der Waals surface area contributed by atoms with Gasteiger partial charge in [0.05, 0.1) is 4.21 Å². The summed E-state index contributed by atoms with van der Waals surface area (Å²) in [6, 6.07) is 6.01. The number of hydrogen-bond acceptors (Lipinski definition) is 6. The van der Waals surface area contributed by atoms with Gasteiger partial charge in [-0.25, -0.2) is 4.98 Å². The number of nitrogens with two attached hydrogens (primary N) is 1. The monoisotopic (exact) mass is 266 g/mol. The molecule has 0 saturated heterocycles. The Morgan fingerprint density at radius 2 is 2.35 bits per heavy atom. The third-order valence-electron chi connectivity index (χ3n) is 1.98. The van der Waals surface area contributed by atoms with Crippen molar-refractivity contribution < 1.29 is 0 Å². The van der Waals surface area contributed by atoms with Crippen LogP contribution in [0.4, 0.5) is 11.8 Å². The first kappa shape index (κ1) is 12.2. The van der Waals surface area contributed by atoms with Gasteiger partial charge in [-0.05, 0) is 17.9 Å². The molecule has 0 aliphatic heterocycles. The summed E-state index contributed by atoms with van der Waals surface area (Å²) in [6.45, 7) is 3.00. The van der Waals surface area contributed by atoms with E-state index in [2.05, 4.69) is 28.3 Å². The van der Waals surface area contributed by atoms with Crippen molar-refractivity contribution in [3.63, 3.8) is 0 Å². The molecule has 17 heavy (non-hydrogen) atoms. The summed E-state index contributed by atoms with van der Waals surface area (Å²) in [5.41, 5.74) is 5.69. The zero-order valence-corrected chi connectivity index (χ0v) is 11.1. The van der Waals surface area contributed by atoms with Crippen LogP contribution in [0, 0.1) is 0 Å². The Bertz CT molecular complexity index is 470. The van der Waals surface area contributed by atoms with E-state index in [-0.39, 0.29) is 0 Å². The Morgan fingerprint density at radius 1 is 1.47 bits per heavy atom. The Labute approximate surface area is 109 Å². The fourth-order valence-electron chi connectivity index (χ4n) is 1.26. The van der Waals surface area contributed by atoms with E-state index >= 15 is 0 Å². The molecule has 90 valence electrons. The number of anilines is 2. The molecule has 0 bridgehead atoms. The minimum atomic E-state index is 0.310. The molecule has 0 unspecified atom stereocenters. The molecule has 0 radical (unpaired) electrons. The van der Waals surface area contributed by atoms with Crippen LogP contribution in [-0.4, -0.2) is 16.5 Å². The van der Waals surface area contributed by atoms with E-state index in [1.165, 1.54) is 4.21 Å². The second-order valence-corrected chi connectivity index (χ2v) is 5.68. The van der Waals surface area contributed by atoms with Crippen molar-refractivity contribution in [1.82, 2.24) is 9.97 Å². The minimum absolute atomic E-state index is 0.310. The van der Waals surface area contributed by atoms with E-state index in [0.717, 1.165) is 23.8 Å². The van der Waals surface area contributed by atoms with Crippen LogP contribution in [0.2, 0.25) is 0 Å². The fourth-order valence-corrected chi connectivity index (χ4v) is 2.99. The van der Waals surface area contributed by atoms with Crippen LogP contribution in [0.15, 0.2) is 32.8 Å². The Balaban J connectivity index is 2.13. The fraction of sp³-hybridized carbons (Fsp3) is 0.273. The number of hydrogen-bond donors (Lipinski definition) is 2. The molecular formula is C11H14N4S2. The van der Waals surface area contributed by atoms with E-state index in [1.54, 1.807) is 23.1 Å². The summed E-state index contributed by atoms with van der Waals surface area (Å²) in [5, 5.41) is 6.13. The van der Waals surface area contributed by atoms with Gasteiger partial charge in [0.1, 0.15) is 10.8 Å². The molecule has 0 amide bonds. The predicted molar refractivity (Wildman–Crippen MR) is 73.7 cm³/mol. The SMILES string of the molecule is CCCNc1cc(Sc2cccs2)nc(N)n1. The molecule has 0 fully saturated rings. The van der Waals surface area contributed by atoms with Gasteiger partial charge in [0.15, 0.2) is 0 Å². The Morgan fingerprint density at radius 3 is 3.06 bits per heavy atom. The Hall–Kier alpha value is -1.27. The van der Waals surface area contributed by atoms with Crippen molar-refractivity contribution in [2.75, 3.05) is 17.6 Å². The molecule has 6 heteroatoms. The maximum atomic E-state index is 5.69. The van der Waals surface area contributed by atoms with Crippen LogP contribution in [0.1, 0.15) is 13.3 Å². The van der Waals surface area contributed by atoms with Crippen molar-refractivity contribution in [3.8, 4) is 0 Å². The second-order valence-electron chi connectivity index (χ2n) is 3.41. The van der Waals surface area contributed by atoms with Crippen LogP contribution in [-0.2, 0) is 0 Å². The van der Waals surface area contributed by atoms with Gasteiger partial charge in [-0.2, -0.15) is 4.98 Å². The highest BCUT2D eigenvalue weighted by Gasteiger charge is 2.04. The quantitative estimate of drug-likeness (QED) is 0.814. The molecule has 0 aliphatic rings. The minimum Gasteiger partial charge on any atom is -0.370 e. The van der Waals surface area contributed by atoms with Crippen LogP contribution in [0.25, 0.3) is 0 Å². The lowest BCUT2D eigenvalue weighted by Gasteiger charge is -2.06. The van der Waals surface area contributed by atoms with Gasteiger partial charge < -0.3 is 11.1 Å². The summed E-state index contributed by atoms with van der Waals surface area (Å²) in [5.74, 6) is 1.10. The average Bonchev–Trinajstić information content (AvgIpc) is 2.78. The molecule has 2 rings (SSSR count). The summed E-state index contributed by atoms with van der Waals surface area (Å²) in [4.78, 5) is 8.36. The van der Waals surface area contributed by atoms with Crippen LogP contribution in [0.5, 0.6) is 0 Å². The van der Waals surface area contributed by atoms with Gasteiger partial charge in [-0.3, -0.25) is 0 Å². The van der Waals surface area contributed by atoms with Gasteiger partial charge >= 0.3 is 0 Å². The highest BCUT2D eigenvalue weighted by Crippen LogP contribution is 2.31. The predicted octanol–water partition coefficient (Wildman–Crippen LogP) is 3.09. The lowest BCUT2D eigenvalue weighted by molar-refractivity contribution is 0.957. The molecule has 3 N–H and O–H groups in total. The number of nitrogens with one attached hydrogen (secondary N) is 1. The average molecular weight is 266 g/mol. The molecule has 0 atom stereocenters. The zero-order valence-electron chi connectivity index (χ0n) is 9.51. The van der Waals surface area contributed by atoms with Gasteiger partial charge in [-0.15, -0.1) is 11.3 Å². The van der Waals surface area contributed by atoms with E-state index in [4.69, 9.17) is 5.73 Å². The van der Waals surface area contributed by atoms with Gasteiger partial charge in [0.25, 0.3) is 0 Å². The first-order valence-corrected chi connectivity index (χ1v) is 7.07. The third kappa shape index (κ3) is 3.61. The van der Waals surface area contributed by atoms with Crippen molar-refractivity contribution in [2.45, 2.75) is 22.6 Å². The van der Waals surface area contributed by atoms with E-state index in [1.807, 2.05) is 17.5 Å². The lowest BCUT2D eigenvalue weighted by Crippen LogP contribution is -2.05. The van der Waals surface area contributed by atoms with Gasteiger partial charge in [0, 0.05) is 12.6 Å². The summed E-state index contributed by atoms with van der Waals surface area (Å²) in [7, 11) is 0. The molecule has 2 aromatic heterocycles. The highest BCUT2D eigenvalue weighted by atomic mass is 32.2. The highest BCUT2D eigenvalue weighted by molar-refractivity contribution is 8.01. The second kappa shape index (κ2) is 5.88. The summed E-state index contributed by atoms with van der Waals surface area (Å²) >= 11 is 3.29. The molecule has 4 nitrogen and oxygen atoms in total. The summed E-state index contributed by atoms with van der Waals surface area (Å²) < 4.78 is 1.20. The number of rotatable bonds is 5. The van der Waals surface area contributed by atoms with E-state index < -0.39 is 0 Å². The largest absolute Gasteiger partial charge is 0.370 e.